The third kappa shape index (κ3) is 2.93. The molecule has 0 aliphatic carbocycles. The lowest BCUT2D eigenvalue weighted by Gasteiger charge is -2.10. The zero-order valence-corrected chi connectivity index (χ0v) is 11.8. The second-order valence-corrected chi connectivity index (χ2v) is 4.89. The molecule has 104 valence electrons. The molecule has 7 heteroatoms. The molecule has 0 radical (unpaired) electrons. The topological polar surface area (TPSA) is 52.4 Å². The Hall–Kier alpha value is -2.02. The van der Waals surface area contributed by atoms with Gasteiger partial charge in [0.05, 0.1) is 21.5 Å². The van der Waals surface area contributed by atoms with Gasteiger partial charge in [0.15, 0.2) is 17.4 Å². The molecule has 0 aliphatic rings. The average Bonchev–Trinajstić information content (AvgIpc) is 2.35. The first kappa shape index (κ1) is 14.4. The number of ether oxygens (including phenoxy) is 1. The van der Waals surface area contributed by atoms with Crippen LogP contribution in [-0.2, 0) is 0 Å². The van der Waals surface area contributed by atoms with Gasteiger partial charge in [0.2, 0.25) is 0 Å². The van der Waals surface area contributed by atoms with Crippen molar-refractivity contribution < 1.29 is 18.4 Å². The van der Waals surface area contributed by atoms with Crippen molar-refractivity contribution >= 4 is 21.6 Å². The van der Waals surface area contributed by atoms with Crippen LogP contribution in [0.1, 0.15) is 5.56 Å². The smallest absolute Gasteiger partial charge is 0.275 e. The Morgan fingerprint density at radius 2 is 1.80 bits per heavy atom. The Bertz CT molecular complexity index is 668. The molecule has 0 aromatic heterocycles. The van der Waals surface area contributed by atoms with Gasteiger partial charge in [0.1, 0.15) is 5.75 Å². The van der Waals surface area contributed by atoms with Gasteiger partial charge in [-0.15, -0.1) is 0 Å². The van der Waals surface area contributed by atoms with Gasteiger partial charge in [-0.2, -0.15) is 0 Å². The number of halogens is 3. The van der Waals surface area contributed by atoms with Gasteiger partial charge < -0.3 is 4.74 Å². The lowest BCUT2D eigenvalue weighted by atomic mass is 10.2. The minimum Gasteiger partial charge on any atom is -0.450 e. The summed E-state index contributed by atoms with van der Waals surface area (Å²) in [6, 6.07) is 6.19. The van der Waals surface area contributed by atoms with Crippen molar-refractivity contribution in [3.63, 3.8) is 0 Å². The highest BCUT2D eigenvalue weighted by molar-refractivity contribution is 9.10. The molecule has 0 amide bonds. The lowest BCUT2D eigenvalue weighted by Crippen LogP contribution is -1.97. The van der Waals surface area contributed by atoms with Gasteiger partial charge in [-0.25, -0.2) is 8.78 Å². The van der Waals surface area contributed by atoms with Crippen LogP contribution < -0.4 is 4.74 Å². The predicted octanol–water partition coefficient (Wildman–Crippen LogP) is 4.74. The van der Waals surface area contributed by atoms with E-state index in [-0.39, 0.29) is 5.75 Å². The molecule has 4 nitrogen and oxygen atoms in total. The quantitative estimate of drug-likeness (QED) is 0.597. The van der Waals surface area contributed by atoms with Crippen LogP contribution in [0.2, 0.25) is 0 Å². The second kappa shape index (κ2) is 5.54. The maximum Gasteiger partial charge on any atom is 0.275 e. The van der Waals surface area contributed by atoms with Gasteiger partial charge in [0.25, 0.3) is 5.69 Å². The average molecular weight is 344 g/mol. The first-order valence-electron chi connectivity index (χ1n) is 5.46. The van der Waals surface area contributed by atoms with Crippen LogP contribution >= 0.6 is 15.9 Å². The Labute approximate surface area is 121 Å². The van der Waals surface area contributed by atoms with E-state index in [0.717, 1.165) is 5.56 Å². The number of benzene rings is 2. The lowest BCUT2D eigenvalue weighted by molar-refractivity contribution is -0.385. The maximum absolute atomic E-state index is 13.7. The van der Waals surface area contributed by atoms with E-state index in [1.165, 1.54) is 0 Å². The standard InChI is InChI=1S/C13H8BrF2NO3/c1-7-2-3-12(9(14)4-7)20-13-10(15)5-8(17(18)19)6-11(13)16/h2-6H,1H3. The van der Waals surface area contributed by atoms with Crippen molar-refractivity contribution in [1.82, 2.24) is 0 Å². The highest BCUT2D eigenvalue weighted by Gasteiger charge is 2.19. The first-order chi connectivity index (χ1) is 9.38. The molecule has 0 heterocycles. The summed E-state index contributed by atoms with van der Waals surface area (Å²) >= 11 is 3.21. The fraction of sp³-hybridized carbons (Fsp3) is 0.0769. The van der Waals surface area contributed by atoms with Crippen molar-refractivity contribution in [2.45, 2.75) is 6.92 Å². The van der Waals surface area contributed by atoms with E-state index in [1.54, 1.807) is 18.2 Å². The van der Waals surface area contributed by atoms with E-state index < -0.39 is 28.0 Å². The minimum atomic E-state index is -1.14. The van der Waals surface area contributed by atoms with Crippen LogP contribution in [0.25, 0.3) is 0 Å². The van der Waals surface area contributed by atoms with Crippen molar-refractivity contribution in [3.05, 3.63) is 62.1 Å². The molecule has 2 aromatic carbocycles. The second-order valence-electron chi connectivity index (χ2n) is 4.03. The van der Waals surface area contributed by atoms with Crippen LogP contribution in [0.5, 0.6) is 11.5 Å². The third-order valence-corrected chi connectivity index (χ3v) is 3.11. The fourth-order valence-electron chi connectivity index (χ4n) is 1.55. The van der Waals surface area contributed by atoms with Crippen molar-refractivity contribution in [3.8, 4) is 11.5 Å². The van der Waals surface area contributed by atoms with Crippen molar-refractivity contribution in [2.24, 2.45) is 0 Å². The van der Waals surface area contributed by atoms with Gasteiger partial charge in [-0.3, -0.25) is 10.1 Å². The van der Waals surface area contributed by atoms with Crippen LogP contribution in [0.3, 0.4) is 0 Å². The normalized spacial score (nSPS) is 10.4. The molecule has 0 saturated carbocycles. The third-order valence-electron chi connectivity index (χ3n) is 2.49. The predicted molar refractivity (Wildman–Crippen MR) is 72.0 cm³/mol. The van der Waals surface area contributed by atoms with Crippen LogP contribution in [0.15, 0.2) is 34.8 Å². The molecule has 0 fully saturated rings. The van der Waals surface area contributed by atoms with E-state index >= 15 is 0 Å². The number of nitrogens with zero attached hydrogens (tertiary/aromatic N) is 1. The summed E-state index contributed by atoms with van der Waals surface area (Å²) in [7, 11) is 0. The monoisotopic (exact) mass is 343 g/mol. The molecule has 0 spiro atoms. The summed E-state index contributed by atoms with van der Waals surface area (Å²) in [5.74, 6) is -2.74. The fourth-order valence-corrected chi connectivity index (χ4v) is 2.12. The SMILES string of the molecule is Cc1ccc(Oc2c(F)cc([N+](=O)[O-])cc2F)c(Br)c1. The molecule has 2 aromatic rings. The van der Waals surface area contributed by atoms with Gasteiger partial charge in [0, 0.05) is 0 Å². The van der Waals surface area contributed by atoms with Gasteiger partial charge >= 0.3 is 0 Å². The number of non-ortho nitro benzene ring substituents is 1. The molecule has 2 rings (SSSR count). The maximum atomic E-state index is 13.7. The first-order valence-corrected chi connectivity index (χ1v) is 6.25. The van der Waals surface area contributed by atoms with E-state index in [1.807, 2.05) is 6.92 Å². The molecule has 0 saturated heterocycles. The number of hydrogen-bond donors (Lipinski definition) is 0. The zero-order chi connectivity index (χ0) is 14.9. The van der Waals surface area contributed by atoms with Crippen molar-refractivity contribution in [2.75, 3.05) is 0 Å². The van der Waals surface area contributed by atoms with Crippen LogP contribution in [0, 0.1) is 28.7 Å². The highest BCUT2D eigenvalue weighted by atomic mass is 79.9. The number of rotatable bonds is 3. The molecule has 0 atom stereocenters. The van der Waals surface area contributed by atoms with E-state index in [0.29, 0.717) is 16.6 Å². The van der Waals surface area contributed by atoms with Gasteiger partial charge in [-0.05, 0) is 40.5 Å². The van der Waals surface area contributed by atoms with E-state index in [9.17, 15) is 18.9 Å². The summed E-state index contributed by atoms with van der Waals surface area (Å²) in [5.41, 5.74) is 0.268. The highest BCUT2D eigenvalue weighted by Crippen LogP contribution is 2.34. The number of aryl methyl sites for hydroxylation is 1. The Balaban J connectivity index is 2.41. The molecule has 0 aliphatic heterocycles. The molecular weight excluding hydrogens is 336 g/mol. The Kier molecular flexibility index (Phi) is 3.99. The molecule has 0 unspecified atom stereocenters. The molecule has 20 heavy (non-hydrogen) atoms. The zero-order valence-electron chi connectivity index (χ0n) is 10.2. The summed E-state index contributed by atoms with van der Waals surface area (Å²) in [6.07, 6.45) is 0. The summed E-state index contributed by atoms with van der Waals surface area (Å²) in [5, 5.41) is 10.5. The van der Waals surface area contributed by atoms with Gasteiger partial charge in [-0.1, -0.05) is 6.07 Å². The summed E-state index contributed by atoms with van der Waals surface area (Å²) in [6.45, 7) is 1.85. The number of nitro groups is 1. The minimum absolute atomic E-state index is 0.210. The van der Waals surface area contributed by atoms with E-state index in [2.05, 4.69) is 15.9 Å². The summed E-state index contributed by atoms with van der Waals surface area (Å²) in [4.78, 5) is 9.61. The van der Waals surface area contributed by atoms with Crippen LogP contribution in [0.4, 0.5) is 14.5 Å². The van der Waals surface area contributed by atoms with Crippen LogP contribution in [-0.4, -0.2) is 4.92 Å². The molecule has 0 bridgehead atoms. The molecule has 0 N–H and O–H groups in total. The number of nitro benzene ring substituents is 1. The Morgan fingerprint density at radius 1 is 1.20 bits per heavy atom. The largest absolute Gasteiger partial charge is 0.450 e. The number of hydrogen-bond acceptors (Lipinski definition) is 3. The van der Waals surface area contributed by atoms with E-state index in [4.69, 9.17) is 4.74 Å². The summed E-state index contributed by atoms with van der Waals surface area (Å²) < 4.78 is 33.0. The molecular formula is C13H8BrF2NO3. The van der Waals surface area contributed by atoms with Crippen molar-refractivity contribution in [1.29, 1.82) is 0 Å². The Morgan fingerprint density at radius 3 is 2.30 bits per heavy atom.